The van der Waals surface area contributed by atoms with Crippen LogP contribution in [0.25, 0.3) is 0 Å². The average molecular weight is 398 g/mol. The number of para-hydroxylation sites is 2. The summed E-state index contributed by atoms with van der Waals surface area (Å²) in [6.07, 6.45) is 4.28. The third kappa shape index (κ3) is 3.20. The van der Waals surface area contributed by atoms with Crippen LogP contribution in [0.5, 0.6) is 0 Å². The van der Waals surface area contributed by atoms with Crippen molar-refractivity contribution < 1.29 is 19.1 Å². The third-order valence-electron chi connectivity index (χ3n) is 5.28. The van der Waals surface area contributed by atoms with Crippen LogP contribution >= 0.6 is 11.3 Å². The topological polar surface area (TPSA) is 75.7 Å². The van der Waals surface area contributed by atoms with Gasteiger partial charge in [0.1, 0.15) is 10.4 Å². The van der Waals surface area contributed by atoms with Gasteiger partial charge in [0.25, 0.3) is 5.91 Å². The lowest BCUT2D eigenvalue weighted by Crippen LogP contribution is -2.59. The molecule has 2 aromatic rings. The zero-order chi connectivity index (χ0) is 19.9. The van der Waals surface area contributed by atoms with E-state index in [1.165, 1.54) is 26.7 Å². The maximum atomic E-state index is 12.9. The lowest BCUT2D eigenvalue weighted by atomic mass is 9.96. The minimum Gasteiger partial charge on any atom is -0.451 e. The molecular weight excluding hydrogens is 376 g/mol. The van der Waals surface area contributed by atoms with Crippen molar-refractivity contribution in [2.24, 2.45) is 0 Å². The quantitative estimate of drug-likeness (QED) is 0.803. The van der Waals surface area contributed by atoms with Crippen molar-refractivity contribution in [1.29, 1.82) is 0 Å². The number of ether oxygens (including phenoxy) is 1. The Balaban J connectivity index is 1.50. The molecule has 2 amide bonds. The first-order valence-corrected chi connectivity index (χ1v) is 10.2. The van der Waals surface area contributed by atoms with Crippen molar-refractivity contribution in [3.05, 3.63) is 45.6 Å². The number of hydrogen-bond donors (Lipinski definition) is 1. The third-order valence-corrected chi connectivity index (χ3v) is 6.50. The molecule has 0 saturated heterocycles. The van der Waals surface area contributed by atoms with Crippen molar-refractivity contribution in [3.63, 3.8) is 0 Å². The van der Waals surface area contributed by atoms with Gasteiger partial charge in [0.2, 0.25) is 5.91 Å². The maximum Gasteiger partial charge on any atom is 0.348 e. The fourth-order valence-electron chi connectivity index (χ4n) is 3.75. The summed E-state index contributed by atoms with van der Waals surface area (Å²) in [7, 11) is 0. The Labute approximate surface area is 167 Å². The molecule has 4 rings (SSSR count). The number of carbonyl (C=O) groups is 3. The second-order valence-corrected chi connectivity index (χ2v) is 8.74. The monoisotopic (exact) mass is 398 g/mol. The number of carbonyl (C=O) groups excluding carboxylic acids is 3. The summed E-state index contributed by atoms with van der Waals surface area (Å²) in [6.45, 7) is 2.93. The first-order chi connectivity index (χ1) is 13.4. The van der Waals surface area contributed by atoms with E-state index in [0.717, 1.165) is 25.7 Å². The second-order valence-electron chi connectivity index (χ2n) is 7.60. The lowest BCUT2D eigenvalue weighted by Gasteiger charge is -2.41. The Morgan fingerprint density at radius 2 is 1.96 bits per heavy atom. The average Bonchev–Trinajstić information content (AvgIpc) is 3.11. The predicted octanol–water partition coefficient (Wildman–Crippen LogP) is 3.55. The molecule has 0 bridgehead atoms. The number of rotatable bonds is 3. The van der Waals surface area contributed by atoms with Crippen LogP contribution < -0.4 is 10.2 Å². The van der Waals surface area contributed by atoms with Gasteiger partial charge >= 0.3 is 5.97 Å². The minimum absolute atomic E-state index is 0.281. The molecular formula is C21H22N2O4S. The number of fused-ring (bicyclic) bond motifs is 2. The van der Waals surface area contributed by atoms with Crippen LogP contribution in [0, 0.1) is 0 Å². The van der Waals surface area contributed by atoms with Gasteiger partial charge in [0, 0.05) is 4.88 Å². The number of aryl methyl sites for hydroxylation is 2. The molecule has 6 nitrogen and oxygen atoms in total. The number of benzene rings is 1. The van der Waals surface area contributed by atoms with Gasteiger partial charge in [-0.1, -0.05) is 12.1 Å². The van der Waals surface area contributed by atoms with Gasteiger partial charge in [0.15, 0.2) is 6.61 Å². The van der Waals surface area contributed by atoms with Crippen LogP contribution in [0.1, 0.15) is 46.8 Å². The number of anilines is 2. The van der Waals surface area contributed by atoms with E-state index in [4.69, 9.17) is 4.74 Å². The van der Waals surface area contributed by atoms with Gasteiger partial charge in [-0.2, -0.15) is 0 Å². The van der Waals surface area contributed by atoms with Crippen LogP contribution in [0.3, 0.4) is 0 Å². The number of hydrogen-bond acceptors (Lipinski definition) is 5. The molecule has 1 N–H and O–H groups in total. The Hall–Kier alpha value is -2.67. The number of nitrogens with one attached hydrogen (secondary N) is 1. The smallest absolute Gasteiger partial charge is 0.348 e. The number of nitrogens with zero attached hydrogens (tertiary/aromatic N) is 1. The number of esters is 1. The molecule has 1 aromatic heterocycles. The van der Waals surface area contributed by atoms with Crippen molar-refractivity contribution in [3.8, 4) is 0 Å². The number of amides is 2. The lowest BCUT2D eigenvalue weighted by molar-refractivity contribution is -0.128. The van der Waals surface area contributed by atoms with Gasteiger partial charge in [-0.25, -0.2) is 4.79 Å². The molecule has 0 radical (unpaired) electrons. The van der Waals surface area contributed by atoms with Gasteiger partial charge in [-0.05, 0) is 63.3 Å². The first-order valence-electron chi connectivity index (χ1n) is 9.40. The van der Waals surface area contributed by atoms with Crippen LogP contribution in [0.15, 0.2) is 30.3 Å². The van der Waals surface area contributed by atoms with E-state index in [9.17, 15) is 14.4 Å². The van der Waals surface area contributed by atoms with E-state index < -0.39 is 24.0 Å². The molecule has 1 aliphatic carbocycles. The second kappa shape index (κ2) is 7.05. The highest BCUT2D eigenvalue weighted by atomic mass is 32.1. The zero-order valence-electron chi connectivity index (χ0n) is 15.9. The van der Waals surface area contributed by atoms with E-state index in [1.807, 2.05) is 6.07 Å². The molecule has 0 saturated carbocycles. The summed E-state index contributed by atoms with van der Waals surface area (Å²) in [5.41, 5.74) is 1.30. The van der Waals surface area contributed by atoms with E-state index >= 15 is 0 Å². The van der Waals surface area contributed by atoms with Gasteiger partial charge in [-0.3, -0.25) is 14.5 Å². The molecule has 7 heteroatoms. The highest BCUT2D eigenvalue weighted by Gasteiger charge is 2.43. The normalized spacial score (nSPS) is 17.4. The highest BCUT2D eigenvalue weighted by molar-refractivity contribution is 7.14. The molecule has 0 fully saturated rings. The molecule has 146 valence electrons. The summed E-state index contributed by atoms with van der Waals surface area (Å²) < 4.78 is 5.31. The Kier molecular flexibility index (Phi) is 4.71. The van der Waals surface area contributed by atoms with Crippen LogP contribution in [-0.2, 0) is 27.2 Å². The molecule has 28 heavy (non-hydrogen) atoms. The standard InChI is InChI=1S/C21H22N2O4S/c1-21(2)20(26)22-14-8-4-5-9-15(14)23(21)18(24)12-27-19(25)17-11-13-7-3-6-10-16(13)28-17/h4-5,8-9,11H,3,6-7,10,12H2,1-2H3,(H,22,26). The molecule has 0 unspecified atom stereocenters. The summed E-state index contributed by atoms with van der Waals surface area (Å²) in [4.78, 5) is 41.0. The van der Waals surface area contributed by atoms with Gasteiger partial charge in [-0.15, -0.1) is 11.3 Å². The van der Waals surface area contributed by atoms with Crippen molar-refractivity contribution in [2.75, 3.05) is 16.8 Å². The van der Waals surface area contributed by atoms with Crippen molar-refractivity contribution >= 4 is 40.5 Å². The van der Waals surface area contributed by atoms with Crippen LogP contribution in [0.2, 0.25) is 0 Å². The van der Waals surface area contributed by atoms with Gasteiger partial charge in [0.05, 0.1) is 11.4 Å². The van der Waals surface area contributed by atoms with E-state index in [1.54, 1.807) is 38.1 Å². The molecule has 1 aromatic carbocycles. The van der Waals surface area contributed by atoms with E-state index in [0.29, 0.717) is 16.3 Å². The van der Waals surface area contributed by atoms with Crippen LogP contribution in [0.4, 0.5) is 11.4 Å². The highest BCUT2D eigenvalue weighted by Crippen LogP contribution is 2.36. The summed E-state index contributed by atoms with van der Waals surface area (Å²) in [5, 5.41) is 2.81. The molecule has 0 atom stereocenters. The minimum atomic E-state index is -1.08. The van der Waals surface area contributed by atoms with Crippen LogP contribution in [-0.4, -0.2) is 29.9 Å². The fraction of sp³-hybridized carbons (Fsp3) is 0.381. The molecule has 2 heterocycles. The molecule has 1 aliphatic heterocycles. The molecule has 0 spiro atoms. The first kappa shape index (κ1) is 18.7. The summed E-state index contributed by atoms with van der Waals surface area (Å²) >= 11 is 1.46. The van der Waals surface area contributed by atoms with Gasteiger partial charge < -0.3 is 10.1 Å². The largest absolute Gasteiger partial charge is 0.451 e. The van der Waals surface area contributed by atoms with Crippen molar-refractivity contribution in [1.82, 2.24) is 0 Å². The predicted molar refractivity (Wildman–Crippen MR) is 108 cm³/mol. The summed E-state index contributed by atoms with van der Waals surface area (Å²) in [6, 6.07) is 8.99. The Morgan fingerprint density at radius 1 is 1.21 bits per heavy atom. The van der Waals surface area contributed by atoms with E-state index in [-0.39, 0.29) is 5.91 Å². The fourth-order valence-corrected chi connectivity index (χ4v) is 4.90. The zero-order valence-corrected chi connectivity index (χ0v) is 16.7. The Bertz CT molecular complexity index is 940. The molecule has 2 aliphatic rings. The van der Waals surface area contributed by atoms with Crippen molar-refractivity contribution in [2.45, 2.75) is 45.1 Å². The summed E-state index contributed by atoms with van der Waals surface area (Å²) in [5.74, 6) is -1.20. The SMILES string of the molecule is CC1(C)C(=O)Nc2ccccc2N1C(=O)COC(=O)c1cc2c(s1)CCCC2. The maximum absolute atomic E-state index is 12.9. The number of thiophene rings is 1. The van der Waals surface area contributed by atoms with E-state index in [2.05, 4.69) is 5.32 Å². The Morgan fingerprint density at radius 3 is 2.75 bits per heavy atom.